The van der Waals surface area contributed by atoms with Gasteiger partial charge in [-0.2, -0.15) is 0 Å². The largest absolute Gasteiger partial charge is 0.271 e. The topological polar surface area (TPSA) is 38.0 Å². The number of hydrazine groups is 1. The molecule has 5 heteroatoms. The van der Waals surface area contributed by atoms with Crippen LogP contribution in [0.1, 0.15) is 28.3 Å². The van der Waals surface area contributed by atoms with Crippen molar-refractivity contribution in [1.29, 1.82) is 0 Å². The normalized spacial score (nSPS) is 12.6. The molecule has 3 N–H and O–H groups in total. The Balaban J connectivity index is 2.22. The molecule has 1 atom stereocenters. The summed E-state index contributed by atoms with van der Waals surface area (Å²) in [4.78, 5) is 2.71. The van der Waals surface area contributed by atoms with E-state index in [4.69, 9.17) is 17.4 Å². The van der Waals surface area contributed by atoms with Crippen molar-refractivity contribution in [3.8, 4) is 0 Å². The van der Waals surface area contributed by atoms with Gasteiger partial charge in [-0.1, -0.05) is 30.7 Å². The molecule has 2 aromatic rings. The number of benzene rings is 1. The maximum atomic E-state index is 6.33. The molecule has 1 aromatic carbocycles. The molecule has 0 fully saturated rings. The van der Waals surface area contributed by atoms with Crippen LogP contribution < -0.4 is 11.3 Å². The molecule has 0 radical (unpaired) electrons. The van der Waals surface area contributed by atoms with Crippen molar-refractivity contribution in [3.63, 3.8) is 0 Å². The molecular formula is C14H16BrClN2S. The fourth-order valence-electron chi connectivity index (χ4n) is 1.97. The molecule has 1 heterocycles. The van der Waals surface area contributed by atoms with E-state index < -0.39 is 0 Å². The zero-order valence-electron chi connectivity index (χ0n) is 10.6. The number of rotatable bonds is 5. The van der Waals surface area contributed by atoms with Crippen molar-refractivity contribution >= 4 is 38.9 Å². The molecule has 2 rings (SSSR count). The average Bonchev–Trinajstić information content (AvgIpc) is 2.87. The van der Waals surface area contributed by atoms with Crippen molar-refractivity contribution < 1.29 is 0 Å². The van der Waals surface area contributed by atoms with Crippen LogP contribution in [0.2, 0.25) is 5.02 Å². The summed E-state index contributed by atoms with van der Waals surface area (Å²) in [7, 11) is 0. The van der Waals surface area contributed by atoms with Gasteiger partial charge >= 0.3 is 0 Å². The molecule has 0 spiro atoms. The van der Waals surface area contributed by atoms with Crippen molar-refractivity contribution in [2.24, 2.45) is 5.84 Å². The van der Waals surface area contributed by atoms with Crippen molar-refractivity contribution in [2.45, 2.75) is 25.8 Å². The number of aryl methyl sites for hydroxylation is 1. The Morgan fingerprint density at radius 3 is 2.68 bits per heavy atom. The number of hydrogen-bond acceptors (Lipinski definition) is 3. The second kappa shape index (κ2) is 6.86. The van der Waals surface area contributed by atoms with Gasteiger partial charge in [-0.25, -0.2) is 0 Å². The third-order valence-corrected chi connectivity index (χ3v) is 5.59. The molecule has 0 amide bonds. The van der Waals surface area contributed by atoms with Crippen LogP contribution >= 0.6 is 38.9 Å². The first kappa shape index (κ1) is 15.0. The van der Waals surface area contributed by atoms with Crippen molar-refractivity contribution in [1.82, 2.24) is 5.43 Å². The van der Waals surface area contributed by atoms with Gasteiger partial charge in [0.2, 0.25) is 0 Å². The summed E-state index contributed by atoms with van der Waals surface area (Å²) in [6.07, 6.45) is 1.92. The molecule has 102 valence electrons. The van der Waals surface area contributed by atoms with Crippen LogP contribution in [0, 0.1) is 0 Å². The van der Waals surface area contributed by atoms with E-state index in [1.807, 2.05) is 29.5 Å². The van der Waals surface area contributed by atoms with Gasteiger partial charge in [0.1, 0.15) is 0 Å². The molecule has 0 aliphatic heterocycles. The number of hydrogen-bond donors (Lipinski definition) is 2. The quantitative estimate of drug-likeness (QED) is 0.610. The lowest BCUT2D eigenvalue weighted by molar-refractivity contribution is 0.555. The standard InChI is InChI=1S/C14H16BrClN2S/c1-2-9-6-7-10(19-9)8-13(18-17)11-4-3-5-12(15)14(11)16/h3-7,13,18H,2,8,17H2,1H3. The lowest BCUT2D eigenvalue weighted by atomic mass is 10.0. The first-order valence-corrected chi connectivity index (χ1v) is 8.12. The average molecular weight is 360 g/mol. The molecule has 0 aliphatic rings. The lowest BCUT2D eigenvalue weighted by Gasteiger charge is -2.17. The number of thiophene rings is 1. The van der Waals surface area contributed by atoms with E-state index in [-0.39, 0.29) is 6.04 Å². The predicted octanol–water partition coefficient (Wildman–Crippen LogP) is 4.47. The molecule has 0 saturated heterocycles. The highest BCUT2D eigenvalue weighted by atomic mass is 79.9. The summed E-state index contributed by atoms with van der Waals surface area (Å²) in [5, 5.41) is 0.720. The van der Waals surface area contributed by atoms with Gasteiger partial charge in [-0.3, -0.25) is 11.3 Å². The number of nitrogens with two attached hydrogens (primary N) is 1. The van der Waals surface area contributed by atoms with Crippen LogP contribution in [0.4, 0.5) is 0 Å². The fourth-order valence-corrected chi connectivity index (χ4v) is 3.61. The maximum absolute atomic E-state index is 6.33. The Morgan fingerprint density at radius 2 is 2.05 bits per heavy atom. The lowest BCUT2D eigenvalue weighted by Crippen LogP contribution is -2.29. The van der Waals surface area contributed by atoms with Crippen LogP contribution in [-0.4, -0.2) is 0 Å². The Kier molecular flexibility index (Phi) is 5.42. The van der Waals surface area contributed by atoms with E-state index in [1.54, 1.807) is 0 Å². The van der Waals surface area contributed by atoms with Crippen LogP contribution in [0.25, 0.3) is 0 Å². The summed E-state index contributed by atoms with van der Waals surface area (Å²) in [6, 6.07) is 10.3. The zero-order chi connectivity index (χ0) is 13.8. The smallest absolute Gasteiger partial charge is 0.0596 e. The van der Waals surface area contributed by atoms with Gasteiger partial charge in [-0.05, 0) is 46.1 Å². The van der Waals surface area contributed by atoms with Crippen LogP contribution in [0.3, 0.4) is 0 Å². The van der Waals surface area contributed by atoms with Crippen LogP contribution in [0.15, 0.2) is 34.8 Å². The predicted molar refractivity (Wildman–Crippen MR) is 86.6 cm³/mol. The van der Waals surface area contributed by atoms with Gasteiger partial charge in [0.05, 0.1) is 11.1 Å². The molecule has 2 nitrogen and oxygen atoms in total. The maximum Gasteiger partial charge on any atom is 0.0596 e. The third-order valence-electron chi connectivity index (χ3n) is 3.03. The highest BCUT2D eigenvalue weighted by Crippen LogP contribution is 2.32. The summed E-state index contributed by atoms with van der Waals surface area (Å²) >= 11 is 11.6. The van der Waals surface area contributed by atoms with E-state index >= 15 is 0 Å². The fraction of sp³-hybridized carbons (Fsp3) is 0.286. The van der Waals surface area contributed by atoms with Gasteiger partial charge in [0.15, 0.2) is 0 Å². The molecule has 0 saturated carbocycles. The second-order valence-corrected chi connectivity index (χ2v) is 6.77. The Labute approximate surface area is 131 Å². The molecule has 1 unspecified atom stereocenters. The van der Waals surface area contributed by atoms with E-state index in [1.165, 1.54) is 9.75 Å². The van der Waals surface area contributed by atoms with Crippen molar-refractivity contribution in [3.05, 3.63) is 55.1 Å². The van der Waals surface area contributed by atoms with Crippen molar-refractivity contribution in [2.75, 3.05) is 0 Å². The second-order valence-electron chi connectivity index (χ2n) is 4.29. The Bertz CT molecular complexity index is 556. The first-order valence-electron chi connectivity index (χ1n) is 6.13. The first-order chi connectivity index (χ1) is 9.15. The van der Waals surface area contributed by atoms with E-state index in [0.29, 0.717) is 0 Å². The minimum absolute atomic E-state index is 0.0216. The number of nitrogens with one attached hydrogen (secondary N) is 1. The highest BCUT2D eigenvalue weighted by molar-refractivity contribution is 9.10. The van der Waals surface area contributed by atoms with E-state index in [0.717, 1.165) is 27.9 Å². The Morgan fingerprint density at radius 1 is 1.32 bits per heavy atom. The molecule has 0 bridgehead atoms. The van der Waals surface area contributed by atoms with Gasteiger partial charge < -0.3 is 0 Å². The Hall–Kier alpha value is -0.390. The highest BCUT2D eigenvalue weighted by Gasteiger charge is 2.16. The van der Waals surface area contributed by atoms with E-state index in [9.17, 15) is 0 Å². The van der Waals surface area contributed by atoms with Gasteiger partial charge in [-0.15, -0.1) is 11.3 Å². The summed E-state index contributed by atoms with van der Waals surface area (Å²) in [6.45, 7) is 2.17. The molecular weight excluding hydrogens is 344 g/mol. The van der Waals surface area contributed by atoms with Crippen LogP contribution in [-0.2, 0) is 12.8 Å². The summed E-state index contributed by atoms with van der Waals surface area (Å²) in [5.41, 5.74) is 3.88. The molecule has 19 heavy (non-hydrogen) atoms. The zero-order valence-corrected chi connectivity index (χ0v) is 13.8. The summed E-state index contributed by atoms with van der Waals surface area (Å²) < 4.78 is 0.896. The van der Waals surface area contributed by atoms with Gasteiger partial charge in [0, 0.05) is 20.6 Å². The molecule has 0 aliphatic carbocycles. The SMILES string of the molecule is CCc1ccc(CC(NN)c2cccc(Br)c2Cl)s1. The summed E-state index contributed by atoms with van der Waals surface area (Å²) in [5.74, 6) is 5.69. The van der Waals surface area contributed by atoms with Crippen LogP contribution in [0.5, 0.6) is 0 Å². The number of halogens is 2. The molecule has 1 aromatic heterocycles. The minimum atomic E-state index is 0.0216. The third kappa shape index (κ3) is 3.58. The monoisotopic (exact) mass is 358 g/mol. The van der Waals surface area contributed by atoms with E-state index in [2.05, 4.69) is 40.4 Å². The van der Waals surface area contributed by atoms with Gasteiger partial charge in [0.25, 0.3) is 0 Å². The minimum Gasteiger partial charge on any atom is -0.271 e.